The summed E-state index contributed by atoms with van der Waals surface area (Å²) in [7, 11) is 0. The summed E-state index contributed by atoms with van der Waals surface area (Å²) in [6.45, 7) is 0. The molecule has 2 aliphatic rings. The van der Waals surface area contributed by atoms with Gasteiger partial charge in [0.2, 0.25) is 0 Å². The summed E-state index contributed by atoms with van der Waals surface area (Å²) in [4.78, 5) is 66.0. The number of fused-ring (bicyclic) bond motifs is 20. The topological polar surface area (TPSA) is 202 Å². The molecule has 0 saturated carbocycles. The highest BCUT2D eigenvalue weighted by Gasteiger charge is 2.31. The van der Waals surface area contributed by atoms with E-state index in [1.807, 2.05) is 109 Å². The van der Waals surface area contributed by atoms with Crippen LogP contribution in [0.4, 0.5) is 0 Å². The minimum absolute atomic E-state index is 0.0701. The number of aromatic nitrogens is 8. The van der Waals surface area contributed by atoms with Crippen molar-refractivity contribution in [2.45, 2.75) is 0 Å². The van der Waals surface area contributed by atoms with Crippen molar-refractivity contribution in [3.8, 4) is 135 Å². The van der Waals surface area contributed by atoms with Gasteiger partial charge in [0.15, 0.2) is 34.8 Å². The predicted octanol–water partition coefficient (Wildman–Crippen LogP) is 19.9. The molecule has 454 valence electrons. The zero-order valence-corrected chi connectivity index (χ0v) is 50.8. The fraction of sp³-hybridized carbons (Fsp3) is 0. The third-order valence-corrected chi connectivity index (χ3v) is 17.5. The highest BCUT2D eigenvalue weighted by Crippen LogP contribution is 2.50. The number of nitrogens with zero attached hydrogens (tertiary/aromatic N) is 6. The molecule has 3 aromatic heterocycles. The number of carboxylic acid groups (broad SMARTS) is 2. The molecule has 15 aromatic rings. The van der Waals surface area contributed by atoms with Gasteiger partial charge in [-0.05, 0) is 127 Å². The summed E-state index contributed by atoms with van der Waals surface area (Å²) in [5, 5.41) is 22.9. The second-order valence-electron chi connectivity index (χ2n) is 23.2. The van der Waals surface area contributed by atoms with Crippen molar-refractivity contribution in [1.82, 2.24) is 39.9 Å². The molecule has 12 aromatic carbocycles. The van der Waals surface area contributed by atoms with Crippen molar-refractivity contribution < 1.29 is 29.3 Å². The normalized spacial score (nSPS) is 11.5. The first kappa shape index (κ1) is 56.5. The van der Waals surface area contributed by atoms with Crippen LogP contribution in [0.3, 0.4) is 0 Å². The van der Waals surface area contributed by atoms with Crippen LogP contribution in [0.25, 0.3) is 156 Å². The van der Waals surface area contributed by atoms with E-state index in [1.54, 1.807) is 36.4 Å². The van der Waals surface area contributed by atoms with Crippen LogP contribution >= 0.6 is 0 Å². The Morgan fingerprint density at radius 2 is 0.521 bits per heavy atom. The summed E-state index contributed by atoms with van der Waals surface area (Å²) in [5.41, 5.74) is 15.6. The Balaban J connectivity index is 1.07. The first-order chi connectivity index (χ1) is 47.2. The van der Waals surface area contributed by atoms with Crippen molar-refractivity contribution in [3.63, 3.8) is 0 Å². The largest absolute Gasteiger partial charge is 0.478 e. The summed E-state index contributed by atoms with van der Waals surface area (Å²) >= 11 is 0. The quantitative estimate of drug-likeness (QED) is 0.0903. The van der Waals surface area contributed by atoms with E-state index in [0.717, 1.165) is 99.4 Å². The third-order valence-electron chi connectivity index (χ3n) is 17.5. The molecule has 96 heavy (non-hydrogen) atoms. The van der Waals surface area contributed by atoms with Crippen molar-refractivity contribution in [2.75, 3.05) is 0 Å². The van der Waals surface area contributed by atoms with Crippen LogP contribution < -0.4 is 9.47 Å². The molecule has 0 aliphatic carbocycles. The summed E-state index contributed by atoms with van der Waals surface area (Å²) < 4.78 is 13.5. The summed E-state index contributed by atoms with van der Waals surface area (Å²) in [5.74, 6) is 0.185. The van der Waals surface area contributed by atoms with Gasteiger partial charge in [-0.3, -0.25) is 0 Å². The molecule has 0 radical (unpaired) electrons. The van der Waals surface area contributed by atoms with Crippen LogP contribution in [0, 0.1) is 0 Å². The van der Waals surface area contributed by atoms with Gasteiger partial charge < -0.3 is 29.7 Å². The SMILES string of the molecule is O=C(O)c1ccc(Oc2cc3c(cc2Oc2ccc(C(=O)O)cc2)-c2nc-3nc3[nH]c(nc4nc(nc5[nH]c(n2)c2c(-c6ccccc6)ccc(-c6ccccc6)c52)-c2c(-c5ccccc5)ccc(-c5ccccc5)c2-4)c2c(-c4ccccc4)ccc(-c4ccccc4)c32)cc1. The number of aromatic carboxylic acids is 2. The number of hydrogen-bond acceptors (Lipinski definition) is 10. The fourth-order valence-corrected chi connectivity index (χ4v) is 13.1. The zero-order chi connectivity index (χ0) is 64.4. The number of carbonyl (C=O) groups is 2. The lowest BCUT2D eigenvalue weighted by molar-refractivity contribution is 0.0686. The van der Waals surface area contributed by atoms with Gasteiger partial charge in [-0.1, -0.05) is 218 Å². The maximum atomic E-state index is 12.1. The van der Waals surface area contributed by atoms with Gasteiger partial charge in [0.25, 0.3) is 0 Å². The number of hydrogen-bond donors (Lipinski definition) is 4. The van der Waals surface area contributed by atoms with Crippen LogP contribution in [0.5, 0.6) is 23.0 Å². The zero-order valence-electron chi connectivity index (χ0n) is 50.8. The Morgan fingerprint density at radius 1 is 0.271 bits per heavy atom. The van der Waals surface area contributed by atoms with Gasteiger partial charge in [-0.2, -0.15) is 0 Å². The van der Waals surface area contributed by atoms with Gasteiger partial charge in [-0.25, -0.2) is 39.5 Å². The van der Waals surface area contributed by atoms with E-state index in [9.17, 15) is 19.8 Å². The number of H-pyrrole nitrogens is 2. The molecular formula is C82H50N8O6. The summed E-state index contributed by atoms with van der Waals surface area (Å²) in [6, 6.07) is 89.9. The average molecular weight is 1240 g/mol. The van der Waals surface area contributed by atoms with E-state index in [-0.39, 0.29) is 34.3 Å². The van der Waals surface area contributed by atoms with Crippen LogP contribution in [-0.4, -0.2) is 62.0 Å². The Bertz CT molecular complexity index is 5440. The lowest BCUT2D eigenvalue weighted by Gasteiger charge is -2.15. The molecule has 0 fully saturated rings. The molecule has 5 heterocycles. The standard InChI is InChI=1S/C82H50N8O6/c91-81(92)53-31-35-55(36-32-53)95-65-45-63-64(46-66(65)96-56-37-33-54(34-38-56)82(93)94)74-83-73(63)84-75-67-57(47-19-7-1-8-20-47)39-41-59(49-23-11-3-12-24-49)69(67)77(86-75)88-79-71-61(51-27-15-5-16-28-51)43-44-62(52-29-17-6-18-30-52)72(71)80(90-79)89-78-70-60(50-25-13-4-14-26-50)42-40-58(48-21-9-2-10-22-48)68(70)76(85-74)87-78/h1-46H,(H,91,92)(H,93,94)(H2,83,84,85,86,87,88,89,90). The van der Waals surface area contributed by atoms with E-state index < -0.39 is 11.9 Å². The van der Waals surface area contributed by atoms with Crippen molar-refractivity contribution in [2.24, 2.45) is 0 Å². The number of rotatable bonds is 12. The molecule has 4 N–H and O–H groups in total. The van der Waals surface area contributed by atoms with Gasteiger partial charge >= 0.3 is 11.9 Å². The van der Waals surface area contributed by atoms with Crippen molar-refractivity contribution in [1.29, 1.82) is 0 Å². The molecule has 14 heteroatoms. The molecule has 0 spiro atoms. The predicted molar refractivity (Wildman–Crippen MR) is 376 cm³/mol. The average Bonchev–Trinajstić information content (AvgIpc) is 1.66. The minimum atomic E-state index is -1.09. The Morgan fingerprint density at radius 3 is 0.802 bits per heavy atom. The Hall–Kier alpha value is -13.5. The van der Waals surface area contributed by atoms with E-state index in [2.05, 4.69) is 119 Å². The molecule has 8 bridgehead atoms. The van der Waals surface area contributed by atoms with Gasteiger partial charge in [0.05, 0.1) is 11.1 Å². The van der Waals surface area contributed by atoms with Crippen molar-refractivity contribution >= 4 is 56.1 Å². The lowest BCUT2D eigenvalue weighted by Crippen LogP contribution is -1.97. The fourth-order valence-electron chi connectivity index (χ4n) is 13.1. The highest BCUT2D eigenvalue weighted by atomic mass is 16.5. The molecule has 0 amide bonds. The highest BCUT2D eigenvalue weighted by molar-refractivity contribution is 6.20. The van der Waals surface area contributed by atoms with Crippen LogP contribution in [-0.2, 0) is 0 Å². The molecule has 14 nitrogen and oxygen atoms in total. The van der Waals surface area contributed by atoms with Gasteiger partial charge in [-0.15, -0.1) is 0 Å². The lowest BCUT2D eigenvalue weighted by atomic mass is 9.89. The maximum absolute atomic E-state index is 12.1. The smallest absolute Gasteiger partial charge is 0.335 e. The van der Waals surface area contributed by atoms with E-state index >= 15 is 0 Å². The first-order valence-corrected chi connectivity index (χ1v) is 31.1. The molecule has 17 rings (SSSR count). The number of ether oxygens (including phenoxy) is 2. The van der Waals surface area contributed by atoms with Crippen molar-refractivity contribution in [3.05, 3.63) is 290 Å². The number of aromatic amines is 2. The second-order valence-corrected chi connectivity index (χ2v) is 23.2. The summed E-state index contributed by atoms with van der Waals surface area (Å²) in [6.07, 6.45) is 0. The molecular weight excluding hydrogens is 1190 g/mol. The van der Waals surface area contributed by atoms with E-state index in [4.69, 9.17) is 39.4 Å². The third kappa shape index (κ3) is 10.0. The van der Waals surface area contributed by atoms with E-state index in [1.165, 1.54) is 24.3 Å². The molecule has 0 atom stereocenters. The van der Waals surface area contributed by atoms with Crippen LogP contribution in [0.1, 0.15) is 20.7 Å². The Kier molecular flexibility index (Phi) is 13.7. The minimum Gasteiger partial charge on any atom is -0.478 e. The first-order valence-electron chi connectivity index (χ1n) is 31.1. The number of carboxylic acids is 2. The Labute approximate surface area is 547 Å². The number of nitrogens with one attached hydrogen (secondary N) is 2. The number of benzene rings is 12. The van der Waals surface area contributed by atoms with Crippen LogP contribution in [0.15, 0.2) is 279 Å². The molecule has 2 aliphatic heterocycles. The van der Waals surface area contributed by atoms with Gasteiger partial charge in [0.1, 0.15) is 34.1 Å². The monoisotopic (exact) mass is 1240 g/mol. The van der Waals surface area contributed by atoms with Gasteiger partial charge in [0, 0.05) is 43.8 Å². The van der Waals surface area contributed by atoms with E-state index in [0.29, 0.717) is 56.9 Å². The molecule has 0 saturated heterocycles. The van der Waals surface area contributed by atoms with Crippen LogP contribution in [0.2, 0.25) is 0 Å². The maximum Gasteiger partial charge on any atom is 0.335 e. The second kappa shape index (κ2) is 23.3. The molecule has 0 unspecified atom stereocenters.